The van der Waals surface area contributed by atoms with Crippen LogP contribution in [0.1, 0.15) is 42.5 Å². The van der Waals surface area contributed by atoms with E-state index in [0.29, 0.717) is 0 Å². The van der Waals surface area contributed by atoms with Gasteiger partial charge in [-0.05, 0) is 44.7 Å². The Hall–Kier alpha value is -0.860. The first kappa shape index (κ1) is 13.2. The van der Waals surface area contributed by atoms with Gasteiger partial charge in [0.2, 0.25) is 0 Å². The van der Waals surface area contributed by atoms with Gasteiger partial charge in [0, 0.05) is 13.2 Å². The molecule has 2 heteroatoms. The van der Waals surface area contributed by atoms with Gasteiger partial charge >= 0.3 is 0 Å². The molecule has 0 saturated carbocycles. The van der Waals surface area contributed by atoms with Crippen LogP contribution in [-0.4, -0.2) is 13.2 Å². The van der Waals surface area contributed by atoms with Gasteiger partial charge in [-0.3, -0.25) is 0 Å². The van der Waals surface area contributed by atoms with Gasteiger partial charge in [0.1, 0.15) is 0 Å². The smallest absolute Gasteiger partial charge is 0.0543 e. The molecule has 1 rings (SSSR count). The largest absolute Gasteiger partial charge is 0.382 e. The van der Waals surface area contributed by atoms with Crippen LogP contribution in [0.4, 0.5) is 0 Å². The molecule has 0 aliphatic heterocycles. The Bertz CT molecular complexity index is 336. The lowest BCUT2D eigenvalue weighted by Crippen LogP contribution is -2.15. The van der Waals surface area contributed by atoms with Crippen LogP contribution < -0.4 is 5.73 Å². The van der Waals surface area contributed by atoms with Crippen molar-refractivity contribution in [1.29, 1.82) is 0 Å². The van der Waals surface area contributed by atoms with E-state index in [-0.39, 0.29) is 12.1 Å². The van der Waals surface area contributed by atoms with E-state index >= 15 is 0 Å². The highest BCUT2D eigenvalue weighted by Gasteiger charge is 2.10. The van der Waals surface area contributed by atoms with Crippen LogP contribution in [0.3, 0.4) is 0 Å². The van der Waals surface area contributed by atoms with E-state index in [9.17, 15) is 0 Å². The zero-order valence-electron chi connectivity index (χ0n) is 10.8. The molecule has 0 aromatic heterocycles. The van der Waals surface area contributed by atoms with Gasteiger partial charge in [-0.25, -0.2) is 0 Å². The number of ether oxygens (including phenoxy) is 1. The summed E-state index contributed by atoms with van der Waals surface area (Å²) in [4.78, 5) is 0. The van der Waals surface area contributed by atoms with E-state index in [2.05, 4.69) is 39.0 Å². The molecule has 0 spiro atoms. The lowest BCUT2D eigenvalue weighted by atomic mass is 9.95. The second-order valence-electron chi connectivity index (χ2n) is 4.59. The van der Waals surface area contributed by atoms with Gasteiger partial charge in [-0.15, -0.1) is 0 Å². The van der Waals surface area contributed by atoms with Crippen molar-refractivity contribution in [1.82, 2.24) is 0 Å². The maximum atomic E-state index is 6.21. The van der Waals surface area contributed by atoms with Crippen LogP contribution in [0.2, 0.25) is 0 Å². The molecule has 2 nitrogen and oxygen atoms in total. The number of hydrogen-bond acceptors (Lipinski definition) is 2. The molecule has 0 amide bonds. The molecule has 1 aromatic carbocycles. The highest BCUT2D eigenvalue weighted by molar-refractivity contribution is 5.32. The highest BCUT2D eigenvalue weighted by Crippen LogP contribution is 2.22. The van der Waals surface area contributed by atoms with Crippen molar-refractivity contribution in [3.8, 4) is 0 Å². The van der Waals surface area contributed by atoms with Gasteiger partial charge in [-0.1, -0.05) is 23.8 Å². The summed E-state index contributed by atoms with van der Waals surface area (Å²) in [5.74, 6) is 0. The Morgan fingerprint density at radius 1 is 1.25 bits per heavy atom. The number of rotatable bonds is 5. The van der Waals surface area contributed by atoms with E-state index < -0.39 is 0 Å². The van der Waals surface area contributed by atoms with Crippen molar-refractivity contribution in [2.45, 2.75) is 45.8 Å². The summed E-state index contributed by atoms with van der Waals surface area (Å²) in [6, 6.07) is 6.59. The highest BCUT2D eigenvalue weighted by atomic mass is 16.5. The topological polar surface area (TPSA) is 35.2 Å². The van der Waals surface area contributed by atoms with Gasteiger partial charge < -0.3 is 10.5 Å². The van der Waals surface area contributed by atoms with Gasteiger partial charge in [-0.2, -0.15) is 0 Å². The monoisotopic (exact) mass is 221 g/mol. The van der Waals surface area contributed by atoms with E-state index in [0.717, 1.165) is 12.8 Å². The summed E-state index contributed by atoms with van der Waals surface area (Å²) in [7, 11) is 1.74. The first-order valence-corrected chi connectivity index (χ1v) is 5.90. The summed E-state index contributed by atoms with van der Waals surface area (Å²) >= 11 is 0. The summed E-state index contributed by atoms with van der Waals surface area (Å²) in [6.07, 6.45) is 2.26. The molecule has 16 heavy (non-hydrogen) atoms. The molecule has 2 N–H and O–H groups in total. The first-order valence-electron chi connectivity index (χ1n) is 5.90. The molecule has 0 heterocycles. The minimum atomic E-state index is 0.123. The summed E-state index contributed by atoms with van der Waals surface area (Å²) in [5.41, 5.74) is 10.0. The van der Waals surface area contributed by atoms with Gasteiger partial charge in [0.15, 0.2) is 0 Å². The number of methoxy groups -OCH3 is 1. The number of nitrogens with two attached hydrogens (primary N) is 1. The third kappa shape index (κ3) is 3.62. The molecule has 90 valence electrons. The number of aryl methyl sites for hydroxylation is 2. The molecular weight excluding hydrogens is 198 g/mol. The minimum Gasteiger partial charge on any atom is -0.382 e. The summed E-state index contributed by atoms with van der Waals surface area (Å²) in [5, 5.41) is 0. The third-order valence-corrected chi connectivity index (χ3v) is 3.12. The molecule has 0 fully saturated rings. The Morgan fingerprint density at radius 2 is 1.94 bits per heavy atom. The van der Waals surface area contributed by atoms with Crippen LogP contribution in [-0.2, 0) is 4.74 Å². The van der Waals surface area contributed by atoms with Crippen molar-refractivity contribution >= 4 is 0 Å². The predicted octanol–water partition coefficient (Wildman–Crippen LogP) is 3.12. The Labute approximate surface area is 98.8 Å². The van der Waals surface area contributed by atoms with Gasteiger partial charge in [0.25, 0.3) is 0 Å². The zero-order chi connectivity index (χ0) is 12.1. The van der Waals surface area contributed by atoms with Crippen LogP contribution in [0.25, 0.3) is 0 Å². The predicted molar refractivity (Wildman–Crippen MR) is 68.5 cm³/mol. The van der Waals surface area contributed by atoms with Gasteiger partial charge in [0.05, 0.1) is 6.10 Å². The number of hydrogen-bond donors (Lipinski definition) is 1. The minimum absolute atomic E-state index is 0.123. The number of benzene rings is 1. The van der Waals surface area contributed by atoms with Crippen molar-refractivity contribution in [3.05, 3.63) is 34.9 Å². The molecule has 0 bridgehead atoms. The lowest BCUT2D eigenvalue weighted by molar-refractivity contribution is 0.107. The van der Waals surface area contributed by atoms with Crippen molar-refractivity contribution in [3.63, 3.8) is 0 Å². The van der Waals surface area contributed by atoms with E-state index in [1.165, 1.54) is 16.7 Å². The second kappa shape index (κ2) is 6.02. The molecule has 2 atom stereocenters. The van der Waals surface area contributed by atoms with Crippen LogP contribution >= 0.6 is 0 Å². The fraction of sp³-hybridized carbons (Fsp3) is 0.571. The second-order valence-corrected chi connectivity index (χ2v) is 4.59. The van der Waals surface area contributed by atoms with Crippen molar-refractivity contribution in [2.24, 2.45) is 5.73 Å². The molecule has 0 radical (unpaired) electrons. The third-order valence-electron chi connectivity index (χ3n) is 3.12. The van der Waals surface area contributed by atoms with Crippen LogP contribution in [0.15, 0.2) is 18.2 Å². The average Bonchev–Trinajstić information content (AvgIpc) is 2.28. The summed E-state index contributed by atoms with van der Waals surface area (Å²) < 4.78 is 5.23. The SMILES string of the molecule is COC(C)CCC(N)c1cc(C)ccc1C. The first-order chi connectivity index (χ1) is 7.54. The molecule has 1 aromatic rings. The molecule has 0 aliphatic rings. The fourth-order valence-electron chi connectivity index (χ4n) is 1.85. The fourth-order valence-corrected chi connectivity index (χ4v) is 1.85. The van der Waals surface area contributed by atoms with E-state index in [1.54, 1.807) is 7.11 Å². The lowest BCUT2D eigenvalue weighted by Gasteiger charge is -2.17. The Balaban J connectivity index is 2.65. The normalized spacial score (nSPS) is 14.8. The molecular formula is C14H23NO. The maximum absolute atomic E-state index is 6.21. The summed E-state index contributed by atoms with van der Waals surface area (Å²) in [6.45, 7) is 6.30. The molecule has 0 saturated heterocycles. The molecule has 0 aliphatic carbocycles. The van der Waals surface area contributed by atoms with Crippen LogP contribution in [0.5, 0.6) is 0 Å². The van der Waals surface area contributed by atoms with Crippen molar-refractivity contribution in [2.75, 3.05) is 7.11 Å². The average molecular weight is 221 g/mol. The quantitative estimate of drug-likeness (QED) is 0.829. The Kier molecular flexibility index (Phi) is 4.97. The van der Waals surface area contributed by atoms with Crippen LogP contribution in [0, 0.1) is 13.8 Å². The molecule has 2 unspecified atom stereocenters. The van der Waals surface area contributed by atoms with E-state index in [1.807, 2.05) is 0 Å². The van der Waals surface area contributed by atoms with E-state index in [4.69, 9.17) is 10.5 Å². The standard InChI is InChI=1S/C14H23NO/c1-10-5-6-11(2)13(9-10)14(15)8-7-12(3)16-4/h5-6,9,12,14H,7-8,15H2,1-4H3. The Morgan fingerprint density at radius 3 is 2.56 bits per heavy atom. The maximum Gasteiger partial charge on any atom is 0.0543 e. The van der Waals surface area contributed by atoms with Crippen molar-refractivity contribution < 1.29 is 4.74 Å². The zero-order valence-corrected chi connectivity index (χ0v) is 10.8.